The van der Waals surface area contributed by atoms with Gasteiger partial charge in [-0.15, -0.1) is 0 Å². The van der Waals surface area contributed by atoms with Crippen molar-refractivity contribution in [3.8, 4) is 0 Å². The Balaban J connectivity index is 1.84. The number of amides is 1. The van der Waals surface area contributed by atoms with Crippen LogP contribution < -0.4 is 4.90 Å². The monoisotopic (exact) mass is 495 g/mol. The Morgan fingerprint density at radius 1 is 1.09 bits per heavy atom. The Morgan fingerprint density at radius 2 is 1.79 bits per heavy atom. The molecule has 10 heteroatoms. The highest BCUT2D eigenvalue weighted by molar-refractivity contribution is 7.90. The van der Waals surface area contributed by atoms with Gasteiger partial charge in [0.2, 0.25) is 0 Å². The van der Waals surface area contributed by atoms with E-state index in [1.807, 2.05) is 56.3 Å². The second-order valence-corrected chi connectivity index (χ2v) is 11.0. The van der Waals surface area contributed by atoms with Gasteiger partial charge in [0.1, 0.15) is 4.90 Å². The maximum Gasteiger partial charge on any atom is 0.288 e. The zero-order chi connectivity index (χ0) is 24.6. The Bertz CT molecular complexity index is 1530. The second-order valence-electron chi connectivity index (χ2n) is 8.01. The lowest BCUT2D eigenvalue weighted by atomic mass is 10.1. The summed E-state index contributed by atoms with van der Waals surface area (Å²) in [5.74, 6) is -0.513. The van der Waals surface area contributed by atoms with Crippen molar-refractivity contribution in [2.75, 3.05) is 11.2 Å². The van der Waals surface area contributed by atoms with Crippen molar-refractivity contribution in [1.29, 1.82) is 0 Å². The van der Waals surface area contributed by atoms with Crippen molar-refractivity contribution in [3.63, 3.8) is 0 Å². The minimum absolute atomic E-state index is 0.00203. The van der Waals surface area contributed by atoms with Crippen molar-refractivity contribution in [2.45, 2.75) is 25.3 Å². The zero-order valence-electron chi connectivity index (χ0n) is 18.7. The third kappa shape index (κ3) is 4.68. The van der Waals surface area contributed by atoms with Crippen LogP contribution in [0.3, 0.4) is 0 Å². The lowest BCUT2D eigenvalue weighted by Gasteiger charge is -2.20. The molecule has 0 unspecified atom stereocenters. The maximum atomic E-state index is 13.6. The van der Waals surface area contributed by atoms with E-state index in [1.54, 1.807) is 0 Å². The number of fused-ring (bicyclic) bond motifs is 1. The number of anilines is 1. The first-order chi connectivity index (χ1) is 16.0. The molecule has 0 fully saturated rings. The number of nitro benzene ring substituents is 1. The highest BCUT2D eigenvalue weighted by Gasteiger charge is 2.28. The molecule has 4 aromatic rings. The summed E-state index contributed by atoms with van der Waals surface area (Å²) in [4.78, 5) is 30.1. The first-order valence-corrected chi connectivity index (χ1v) is 13.0. The van der Waals surface area contributed by atoms with Gasteiger partial charge in [-0.1, -0.05) is 47.7 Å². The van der Waals surface area contributed by atoms with Crippen LogP contribution in [-0.4, -0.2) is 30.5 Å². The number of nitro groups is 1. The van der Waals surface area contributed by atoms with Gasteiger partial charge in [0.25, 0.3) is 11.6 Å². The Hall–Kier alpha value is -3.63. The number of carbonyl (C=O) groups excluding carboxylic acids is 1. The van der Waals surface area contributed by atoms with Crippen molar-refractivity contribution in [3.05, 3.63) is 93.0 Å². The highest BCUT2D eigenvalue weighted by Crippen LogP contribution is 2.34. The first-order valence-electron chi connectivity index (χ1n) is 10.3. The van der Waals surface area contributed by atoms with Gasteiger partial charge in [-0.3, -0.25) is 19.8 Å². The molecule has 0 saturated carbocycles. The van der Waals surface area contributed by atoms with E-state index in [0.29, 0.717) is 5.13 Å². The summed E-state index contributed by atoms with van der Waals surface area (Å²) in [6.07, 6.45) is 0.893. The topological polar surface area (TPSA) is 110 Å². The Kier molecular flexibility index (Phi) is 6.20. The molecule has 1 amide bonds. The van der Waals surface area contributed by atoms with Gasteiger partial charge in [0.15, 0.2) is 15.0 Å². The zero-order valence-corrected chi connectivity index (χ0v) is 20.3. The van der Waals surface area contributed by atoms with Gasteiger partial charge in [0.05, 0.1) is 21.7 Å². The number of benzene rings is 3. The molecule has 0 saturated heterocycles. The molecule has 0 spiro atoms. The van der Waals surface area contributed by atoms with E-state index in [9.17, 15) is 23.3 Å². The largest absolute Gasteiger partial charge is 0.288 e. The number of aromatic nitrogens is 1. The van der Waals surface area contributed by atoms with Crippen molar-refractivity contribution in [2.24, 2.45) is 0 Å². The summed E-state index contributed by atoms with van der Waals surface area (Å²) in [5, 5.41) is 12.0. The minimum Gasteiger partial charge on any atom is -0.279 e. The number of sulfone groups is 1. The first kappa shape index (κ1) is 23.5. The summed E-state index contributed by atoms with van der Waals surface area (Å²) in [7, 11) is -3.84. The van der Waals surface area contributed by atoms with E-state index < -0.39 is 31.3 Å². The van der Waals surface area contributed by atoms with Crippen LogP contribution in [0.15, 0.2) is 65.6 Å². The summed E-state index contributed by atoms with van der Waals surface area (Å²) in [6, 6.07) is 16.8. The molecule has 0 aliphatic heterocycles. The summed E-state index contributed by atoms with van der Waals surface area (Å²) in [5.41, 5.74) is 3.07. The van der Waals surface area contributed by atoms with Crippen LogP contribution in [-0.2, 0) is 16.4 Å². The fourth-order valence-corrected chi connectivity index (χ4v) is 5.70. The minimum atomic E-state index is -3.84. The fourth-order valence-electron chi connectivity index (χ4n) is 3.73. The smallest absolute Gasteiger partial charge is 0.279 e. The molecule has 1 heterocycles. The molecule has 0 atom stereocenters. The molecule has 8 nitrogen and oxygen atoms in total. The van der Waals surface area contributed by atoms with Crippen molar-refractivity contribution >= 4 is 48.1 Å². The molecule has 0 bridgehead atoms. The van der Waals surface area contributed by atoms with E-state index in [2.05, 4.69) is 0 Å². The molecule has 0 radical (unpaired) electrons. The molecule has 3 aromatic carbocycles. The molecule has 34 heavy (non-hydrogen) atoms. The van der Waals surface area contributed by atoms with Crippen LogP contribution in [0, 0.1) is 24.0 Å². The summed E-state index contributed by atoms with van der Waals surface area (Å²) < 4.78 is 24.9. The number of carbonyl (C=O) groups is 1. The van der Waals surface area contributed by atoms with E-state index in [-0.39, 0.29) is 12.1 Å². The van der Waals surface area contributed by atoms with Crippen LogP contribution in [0.2, 0.25) is 0 Å². The molecule has 0 N–H and O–H groups in total. The van der Waals surface area contributed by atoms with Gasteiger partial charge < -0.3 is 0 Å². The quantitative estimate of drug-likeness (QED) is 0.273. The van der Waals surface area contributed by atoms with E-state index in [1.165, 1.54) is 22.3 Å². The lowest BCUT2D eigenvalue weighted by molar-refractivity contribution is -0.387. The van der Waals surface area contributed by atoms with Gasteiger partial charge in [0, 0.05) is 17.9 Å². The normalized spacial score (nSPS) is 11.5. The maximum absolute atomic E-state index is 13.6. The Labute approximate surface area is 200 Å². The lowest BCUT2D eigenvalue weighted by Crippen LogP contribution is -2.30. The van der Waals surface area contributed by atoms with Crippen LogP contribution in [0.4, 0.5) is 10.8 Å². The van der Waals surface area contributed by atoms with E-state index in [0.717, 1.165) is 45.3 Å². The molecule has 1 aromatic heterocycles. The average Bonchev–Trinajstić information content (AvgIpc) is 3.20. The predicted molar refractivity (Wildman–Crippen MR) is 132 cm³/mol. The van der Waals surface area contributed by atoms with Crippen LogP contribution in [0.1, 0.15) is 27.0 Å². The fraction of sp³-hybridized carbons (Fsp3) is 0.167. The SMILES string of the molecule is Cc1cc(C)c2nc(N(Cc3ccccc3)C(=O)c3ccc(S(C)(=O)=O)c([N+](=O)[O-])c3)sc2c1. The summed E-state index contributed by atoms with van der Waals surface area (Å²) >= 11 is 1.36. The molecule has 4 rings (SSSR count). The number of rotatable bonds is 6. The number of nitrogens with zero attached hydrogens (tertiary/aromatic N) is 3. The van der Waals surface area contributed by atoms with Gasteiger partial charge >= 0.3 is 0 Å². The average molecular weight is 496 g/mol. The van der Waals surface area contributed by atoms with Gasteiger partial charge in [-0.2, -0.15) is 0 Å². The summed E-state index contributed by atoms with van der Waals surface area (Å²) in [6.45, 7) is 4.13. The molecule has 0 aliphatic rings. The third-order valence-electron chi connectivity index (χ3n) is 5.28. The second kappa shape index (κ2) is 8.96. The highest BCUT2D eigenvalue weighted by atomic mass is 32.2. The number of thiazole rings is 1. The van der Waals surface area contributed by atoms with Gasteiger partial charge in [-0.05, 0) is 48.7 Å². The molecular formula is C24H21N3O5S2. The molecule has 174 valence electrons. The van der Waals surface area contributed by atoms with Crippen molar-refractivity contribution < 1.29 is 18.1 Å². The van der Waals surface area contributed by atoms with Crippen LogP contribution >= 0.6 is 11.3 Å². The Morgan fingerprint density at radius 3 is 2.44 bits per heavy atom. The third-order valence-corrected chi connectivity index (χ3v) is 7.45. The molecular weight excluding hydrogens is 474 g/mol. The van der Waals surface area contributed by atoms with E-state index in [4.69, 9.17) is 4.98 Å². The van der Waals surface area contributed by atoms with E-state index >= 15 is 0 Å². The number of hydrogen-bond donors (Lipinski definition) is 0. The van der Waals surface area contributed by atoms with Crippen LogP contribution in [0.25, 0.3) is 10.2 Å². The van der Waals surface area contributed by atoms with Gasteiger partial charge in [-0.25, -0.2) is 13.4 Å². The standard InChI is InChI=1S/C24H21N3O5S2/c1-15-11-16(2)22-20(12-15)33-24(25-22)26(14-17-7-5-4-6-8-17)23(28)18-9-10-21(34(3,31)32)19(13-18)27(29)30/h4-13H,14H2,1-3H3. The number of aryl methyl sites for hydroxylation is 2. The van der Waals surface area contributed by atoms with Crippen LogP contribution in [0.5, 0.6) is 0 Å². The predicted octanol–water partition coefficient (Wildman–Crippen LogP) is 5.07. The van der Waals surface area contributed by atoms with Crippen molar-refractivity contribution in [1.82, 2.24) is 4.98 Å². The number of hydrogen-bond acceptors (Lipinski definition) is 7. The molecule has 0 aliphatic carbocycles.